The van der Waals surface area contributed by atoms with Gasteiger partial charge in [0.2, 0.25) is 5.91 Å². The van der Waals surface area contributed by atoms with E-state index >= 15 is 0 Å². The molecular weight excluding hydrogens is 326 g/mol. The third-order valence-electron chi connectivity index (χ3n) is 3.66. The highest BCUT2D eigenvalue weighted by atomic mass is 32.2. The van der Waals surface area contributed by atoms with Crippen LogP contribution in [0.25, 0.3) is 0 Å². The number of hydrogen-bond acceptors (Lipinski definition) is 4. The quantitative estimate of drug-likeness (QED) is 0.873. The molecule has 1 aromatic heterocycles. The average molecular weight is 348 g/mol. The minimum atomic E-state index is 0.140. The molecule has 1 amide bonds. The summed E-state index contributed by atoms with van der Waals surface area (Å²) >= 11 is 3.87. The highest BCUT2D eigenvalue weighted by Gasteiger charge is 2.17. The topological polar surface area (TPSA) is 46.9 Å². The van der Waals surface area contributed by atoms with Gasteiger partial charge in [0.15, 0.2) is 0 Å². The Morgan fingerprint density at radius 1 is 1.26 bits per heavy atom. The monoisotopic (exact) mass is 347 g/mol. The SMILES string of the molecule is O=C(C[C@@H]1CSCCS1)NCc1cnn(Cc2ccccc2)c1. The lowest BCUT2D eigenvalue weighted by Gasteiger charge is -2.20. The van der Waals surface area contributed by atoms with Gasteiger partial charge in [-0.25, -0.2) is 0 Å². The number of nitrogens with zero attached hydrogens (tertiary/aromatic N) is 2. The van der Waals surface area contributed by atoms with E-state index in [0.29, 0.717) is 18.2 Å². The molecule has 23 heavy (non-hydrogen) atoms. The standard InChI is InChI=1S/C17H21N3OS2/c21-17(8-16-13-22-6-7-23-16)18-9-15-10-19-20(12-15)11-14-4-2-1-3-5-14/h1-5,10,12,16H,6-9,11,13H2,(H,18,21)/t16-/m1/s1. The molecule has 2 heterocycles. The predicted octanol–water partition coefficient (Wildman–Crippen LogP) is 2.79. The Morgan fingerprint density at radius 2 is 2.13 bits per heavy atom. The number of nitrogens with one attached hydrogen (secondary N) is 1. The van der Waals surface area contributed by atoms with Crippen LogP contribution in [0.4, 0.5) is 0 Å². The largest absolute Gasteiger partial charge is 0.352 e. The van der Waals surface area contributed by atoms with Crippen molar-refractivity contribution in [3.63, 3.8) is 0 Å². The first-order valence-corrected chi connectivity index (χ1v) is 10.0. The van der Waals surface area contributed by atoms with Gasteiger partial charge in [0.05, 0.1) is 12.7 Å². The Kier molecular flexibility index (Phi) is 6.05. The van der Waals surface area contributed by atoms with Gasteiger partial charge in [0, 0.05) is 47.2 Å². The van der Waals surface area contributed by atoms with E-state index in [4.69, 9.17) is 0 Å². The van der Waals surface area contributed by atoms with Gasteiger partial charge in [0.1, 0.15) is 0 Å². The van der Waals surface area contributed by atoms with E-state index in [1.165, 1.54) is 11.3 Å². The molecule has 2 aromatic rings. The first-order chi connectivity index (χ1) is 11.3. The van der Waals surface area contributed by atoms with Crippen LogP contribution in [0.5, 0.6) is 0 Å². The van der Waals surface area contributed by atoms with Crippen molar-refractivity contribution in [3.8, 4) is 0 Å². The van der Waals surface area contributed by atoms with Crippen LogP contribution in [0.1, 0.15) is 17.5 Å². The van der Waals surface area contributed by atoms with Crippen molar-refractivity contribution >= 4 is 29.4 Å². The van der Waals surface area contributed by atoms with Crippen LogP contribution in [0.2, 0.25) is 0 Å². The number of aromatic nitrogens is 2. The van der Waals surface area contributed by atoms with E-state index in [1.54, 1.807) is 0 Å². The number of carbonyl (C=O) groups excluding carboxylic acids is 1. The Labute approximate surface area is 145 Å². The lowest BCUT2D eigenvalue weighted by molar-refractivity contribution is -0.121. The minimum Gasteiger partial charge on any atom is -0.352 e. The van der Waals surface area contributed by atoms with Crippen LogP contribution >= 0.6 is 23.5 Å². The van der Waals surface area contributed by atoms with E-state index in [0.717, 1.165) is 23.6 Å². The van der Waals surface area contributed by atoms with Crippen molar-refractivity contribution < 1.29 is 4.79 Å². The molecule has 0 aliphatic carbocycles. The van der Waals surface area contributed by atoms with Crippen LogP contribution in [-0.4, -0.2) is 38.2 Å². The summed E-state index contributed by atoms with van der Waals surface area (Å²) in [4.78, 5) is 12.0. The van der Waals surface area contributed by atoms with Gasteiger partial charge >= 0.3 is 0 Å². The Balaban J connectivity index is 1.44. The smallest absolute Gasteiger partial charge is 0.221 e. The number of thioether (sulfide) groups is 2. The van der Waals surface area contributed by atoms with Crippen molar-refractivity contribution in [1.29, 1.82) is 0 Å². The zero-order chi connectivity index (χ0) is 15.9. The van der Waals surface area contributed by atoms with E-state index in [-0.39, 0.29) is 5.91 Å². The lowest BCUT2D eigenvalue weighted by Crippen LogP contribution is -2.28. The van der Waals surface area contributed by atoms with Gasteiger partial charge in [-0.15, -0.1) is 0 Å². The molecule has 1 N–H and O–H groups in total. The third-order valence-corrected chi connectivity index (χ3v) is 6.51. The third kappa shape index (κ3) is 5.32. The highest BCUT2D eigenvalue weighted by Crippen LogP contribution is 2.26. The maximum atomic E-state index is 12.0. The lowest BCUT2D eigenvalue weighted by atomic mass is 10.2. The second-order valence-electron chi connectivity index (χ2n) is 5.58. The van der Waals surface area contributed by atoms with Crippen molar-refractivity contribution in [3.05, 3.63) is 53.9 Å². The molecule has 1 aromatic carbocycles. The molecule has 1 aliphatic rings. The molecule has 3 rings (SSSR count). The molecular formula is C17H21N3OS2. The van der Waals surface area contributed by atoms with Gasteiger partial charge in [-0.3, -0.25) is 9.48 Å². The summed E-state index contributed by atoms with van der Waals surface area (Å²) in [6.07, 6.45) is 4.45. The molecule has 1 aliphatic heterocycles. The zero-order valence-corrected chi connectivity index (χ0v) is 14.6. The van der Waals surface area contributed by atoms with Crippen molar-refractivity contribution in [1.82, 2.24) is 15.1 Å². The fourth-order valence-electron chi connectivity index (χ4n) is 2.49. The maximum absolute atomic E-state index is 12.0. The minimum absolute atomic E-state index is 0.140. The summed E-state index contributed by atoms with van der Waals surface area (Å²) in [5.41, 5.74) is 2.26. The number of rotatable bonds is 6. The van der Waals surface area contributed by atoms with Gasteiger partial charge in [-0.1, -0.05) is 30.3 Å². The molecule has 122 valence electrons. The van der Waals surface area contributed by atoms with Crippen molar-refractivity contribution in [2.24, 2.45) is 0 Å². The molecule has 0 bridgehead atoms. The second kappa shape index (κ2) is 8.45. The fraction of sp³-hybridized carbons (Fsp3) is 0.412. The molecule has 4 nitrogen and oxygen atoms in total. The van der Waals surface area contributed by atoms with Crippen LogP contribution in [0, 0.1) is 0 Å². The van der Waals surface area contributed by atoms with Crippen LogP contribution < -0.4 is 5.32 Å². The molecule has 0 spiro atoms. The number of hydrogen-bond donors (Lipinski definition) is 1. The molecule has 6 heteroatoms. The van der Waals surface area contributed by atoms with Crippen molar-refractivity contribution in [2.75, 3.05) is 17.3 Å². The summed E-state index contributed by atoms with van der Waals surface area (Å²) in [5.74, 6) is 3.60. The Morgan fingerprint density at radius 3 is 2.91 bits per heavy atom. The second-order valence-corrected chi connectivity index (χ2v) is 8.14. The normalized spacial score (nSPS) is 17.8. The summed E-state index contributed by atoms with van der Waals surface area (Å²) in [6.45, 7) is 1.31. The van der Waals surface area contributed by atoms with Crippen LogP contribution in [-0.2, 0) is 17.9 Å². The molecule has 1 atom stereocenters. The summed E-state index contributed by atoms with van der Waals surface area (Å²) in [7, 11) is 0. The fourth-order valence-corrected chi connectivity index (χ4v) is 5.17. The molecule has 0 unspecified atom stereocenters. The Bertz CT molecular complexity index is 624. The summed E-state index contributed by atoms with van der Waals surface area (Å²) < 4.78 is 1.91. The molecule has 0 radical (unpaired) electrons. The van der Waals surface area contributed by atoms with Gasteiger partial charge in [-0.05, 0) is 5.56 Å². The van der Waals surface area contributed by atoms with Crippen LogP contribution in [0.15, 0.2) is 42.7 Å². The van der Waals surface area contributed by atoms with E-state index in [2.05, 4.69) is 22.5 Å². The first kappa shape index (κ1) is 16.5. The Hall–Kier alpha value is -1.40. The first-order valence-electron chi connectivity index (χ1n) is 7.81. The van der Waals surface area contributed by atoms with E-state index in [1.807, 2.05) is 58.8 Å². The molecule has 0 saturated carbocycles. The predicted molar refractivity (Wildman–Crippen MR) is 97.8 cm³/mol. The average Bonchev–Trinajstić information content (AvgIpc) is 3.02. The van der Waals surface area contributed by atoms with Gasteiger partial charge < -0.3 is 5.32 Å². The summed E-state index contributed by atoms with van der Waals surface area (Å²) in [5, 5.41) is 7.84. The number of amides is 1. The number of carbonyl (C=O) groups is 1. The van der Waals surface area contributed by atoms with Crippen molar-refractivity contribution in [2.45, 2.75) is 24.8 Å². The molecule has 1 saturated heterocycles. The maximum Gasteiger partial charge on any atom is 0.221 e. The molecule has 1 fully saturated rings. The summed E-state index contributed by atoms with van der Waals surface area (Å²) in [6, 6.07) is 10.2. The zero-order valence-electron chi connectivity index (χ0n) is 13.0. The number of benzene rings is 1. The van der Waals surface area contributed by atoms with E-state index < -0.39 is 0 Å². The van der Waals surface area contributed by atoms with E-state index in [9.17, 15) is 4.79 Å². The van der Waals surface area contributed by atoms with Gasteiger partial charge in [0.25, 0.3) is 0 Å². The van der Waals surface area contributed by atoms with Gasteiger partial charge in [-0.2, -0.15) is 28.6 Å². The highest BCUT2D eigenvalue weighted by molar-refractivity contribution is 8.06. The van der Waals surface area contributed by atoms with Crippen LogP contribution in [0.3, 0.4) is 0 Å².